The predicted octanol–water partition coefficient (Wildman–Crippen LogP) is 3.89. The summed E-state index contributed by atoms with van der Waals surface area (Å²) in [5, 5.41) is 0. The molecule has 1 aliphatic heterocycles. The third kappa shape index (κ3) is 2.38. The molecule has 0 fully saturated rings. The highest BCUT2D eigenvalue weighted by Crippen LogP contribution is 2.37. The van der Waals surface area contributed by atoms with Crippen LogP contribution in [0.1, 0.15) is 28.7 Å². The lowest BCUT2D eigenvalue weighted by Crippen LogP contribution is -2.42. The Kier molecular flexibility index (Phi) is 3.58. The van der Waals surface area contributed by atoms with Gasteiger partial charge in [-0.2, -0.15) is 0 Å². The number of thiophene rings is 1. The van der Waals surface area contributed by atoms with Crippen molar-refractivity contribution in [3.63, 3.8) is 0 Å². The molecule has 0 amide bonds. The average Bonchev–Trinajstić information content (AvgIpc) is 2.78. The van der Waals surface area contributed by atoms with Gasteiger partial charge in [0.05, 0.1) is 5.69 Å². The molecule has 1 aromatic heterocycles. The van der Waals surface area contributed by atoms with Gasteiger partial charge in [-0.1, -0.05) is 18.2 Å². The van der Waals surface area contributed by atoms with Gasteiger partial charge in [0.1, 0.15) is 4.90 Å². The van der Waals surface area contributed by atoms with Gasteiger partial charge in [0.25, 0.3) is 10.0 Å². The first-order chi connectivity index (χ1) is 9.91. The molecule has 0 bridgehead atoms. The fourth-order valence-electron chi connectivity index (χ4n) is 2.99. The van der Waals surface area contributed by atoms with Crippen molar-refractivity contribution < 1.29 is 8.42 Å². The molecule has 0 radical (unpaired) electrons. The molecule has 2 aromatic rings. The molecule has 1 aliphatic rings. The van der Waals surface area contributed by atoms with Crippen molar-refractivity contribution in [1.29, 1.82) is 0 Å². The number of hydrogen-bond acceptors (Lipinski definition) is 3. The van der Waals surface area contributed by atoms with Gasteiger partial charge in [0, 0.05) is 15.8 Å². The molecule has 0 saturated carbocycles. The molecule has 5 heteroatoms. The summed E-state index contributed by atoms with van der Waals surface area (Å²) in [6, 6.07) is 9.60. The van der Waals surface area contributed by atoms with Crippen LogP contribution in [0.5, 0.6) is 0 Å². The number of fused-ring (bicyclic) bond motifs is 1. The molecule has 0 unspecified atom stereocenters. The maximum atomic E-state index is 13.1. The molecule has 3 rings (SSSR count). The lowest BCUT2D eigenvalue weighted by Gasteiger charge is -2.35. The van der Waals surface area contributed by atoms with Crippen molar-refractivity contribution in [2.45, 2.75) is 44.6 Å². The van der Waals surface area contributed by atoms with Crippen molar-refractivity contribution in [3.8, 4) is 0 Å². The Morgan fingerprint density at radius 2 is 1.95 bits per heavy atom. The lowest BCUT2D eigenvalue weighted by atomic mass is 9.99. The largest absolute Gasteiger partial charge is 0.265 e. The zero-order valence-corrected chi connectivity index (χ0v) is 14.1. The van der Waals surface area contributed by atoms with Gasteiger partial charge in [-0.3, -0.25) is 4.31 Å². The van der Waals surface area contributed by atoms with E-state index in [9.17, 15) is 8.42 Å². The summed E-state index contributed by atoms with van der Waals surface area (Å²) in [6.07, 6.45) is 1.80. The van der Waals surface area contributed by atoms with Crippen molar-refractivity contribution >= 4 is 27.0 Å². The van der Waals surface area contributed by atoms with E-state index in [0.717, 1.165) is 33.8 Å². The van der Waals surface area contributed by atoms with E-state index < -0.39 is 10.0 Å². The molecule has 21 heavy (non-hydrogen) atoms. The second-order valence-corrected chi connectivity index (χ2v) is 8.84. The highest BCUT2D eigenvalue weighted by atomic mass is 32.2. The van der Waals surface area contributed by atoms with Crippen molar-refractivity contribution in [2.75, 3.05) is 4.31 Å². The quantitative estimate of drug-likeness (QED) is 0.841. The molecule has 3 nitrogen and oxygen atoms in total. The van der Waals surface area contributed by atoms with Crippen LogP contribution >= 0.6 is 11.3 Å². The van der Waals surface area contributed by atoms with Crippen molar-refractivity contribution in [1.82, 2.24) is 0 Å². The normalized spacial score (nSPS) is 18.6. The van der Waals surface area contributed by atoms with Crippen LogP contribution in [-0.4, -0.2) is 14.5 Å². The minimum atomic E-state index is -3.49. The van der Waals surface area contributed by atoms with Crippen LogP contribution in [0.3, 0.4) is 0 Å². The van der Waals surface area contributed by atoms with Crippen LogP contribution in [0.25, 0.3) is 0 Å². The fourth-order valence-corrected chi connectivity index (χ4v) is 6.24. The number of aryl methyl sites for hydroxylation is 3. The first-order valence-corrected chi connectivity index (χ1v) is 9.36. The average molecular weight is 321 g/mol. The molecule has 1 atom stereocenters. The van der Waals surface area contributed by atoms with Gasteiger partial charge in [0.2, 0.25) is 0 Å². The summed E-state index contributed by atoms with van der Waals surface area (Å²) in [5.74, 6) is 0. The van der Waals surface area contributed by atoms with Gasteiger partial charge < -0.3 is 0 Å². The minimum absolute atomic E-state index is 0.00972. The van der Waals surface area contributed by atoms with E-state index >= 15 is 0 Å². The number of nitrogens with zero attached hydrogens (tertiary/aromatic N) is 1. The van der Waals surface area contributed by atoms with E-state index in [1.54, 1.807) is 10.4 Å². The van der Waals surface area contributed by atoms with E-state index in [0.29, 0.717) is 4.90 Å². The maximum Gasteiger partial charge on any atom is 0.265 e. The van der Waals surface area contributed by atoms with Crippen LogP contribution in [0.15, 0.2) is 35.2 Å². The first-order valence-electron chi connectivity index (χ1n) is 7.10. The molecule has 2 heterocycles. The molecule has 1 aromatic carbocycles. The predicted molar refractivity (Wildman–Crippen MR) is 87.7 cm³/mol. The van der Waals surface area contributed by atoms with Gasteiger partial charge in [0.15, 0.2) is 0 Å². The summed E-state index contributed by atoms with van der Waals surface area (Å²) >= 11 is 1.54. The lowest BCUT2D eigenvalue weighted by molar-refractivity contribution is 0.563. The number of hydrogen-bond donors (Lipinski definition) is 0. The minimum Gasteiger partial charge on any atom is -0.263 e. The van der Waals surface area contributed by atoms with E-state index in [1.807, 2.05) is 45.0 Å². The van der Waals surface area contributed by atoms with Crippen LogP contribution in [0, 0.1) is 13.8 Å². The van der Waals surface area contributed by atoms with Gasteiger partial charge in [-0.25, -0.2) is 8.42 Å². The Hall–Kier alpha value is -1.33. The number of anilines is 1. The number of rotatable bonds is 2. The first kappa shape index (κ1) is 14.6. The molecule has 0 saturated heterocycles. The SMILES string of the molecule is Cc1cc(S(=O)(=O)N2c3ccccc3CC[C@H]2C)c(C)s1. The second-order valence-electron chi connectivity index (χ2n) is 5.59. The van der Waals surface area contributed by atoms with Crippen LogP contribution in [-0.2, 0) is 16.4 Å². The molecular formula is C16H19NO2S2. The smallest absolute Gasteiger partial charge is 0.263 e. The van der Waals surface area contributed by atoms with Crippen molar-refractivity contribution in [3.05, 3.63) is 45.6 Å². The van der Waals surface area contributed by atoms with Crippen molar-refractivity contribution in [2.24, 2.45) is 0 Å². The summed E-state index contributed by atoms with van der Waals surface area (Å²) < 4.78 is 27.9. The van der Waals surface area contributed by atoms with E-state index in [1.165, 1.54) is 11.3 Å². The fraction of sp³-hybridized carbons (Fsp3) is 0.375. The summed E-state index contributed by atoms with van der Waals surface area (Å²) in [5.41, 5.74) is 1.95. The third-order valence-electron chi connectivity index (χ3n) is 3.99. The molecule has 112 valence electrons. The summed E-state index contributed by atoms with van der Waals surface area (Å²) in [6.45, 7) is 5.82. The van der Waals surface area contributed by atoms with E-state index in [4.69, 9.17) is 0 Å². The highest BCUT2D eigenvalue weighted by Gasteiger charge is 2.35. The van der Waals surface area contributed by atoms with Gasteiger partial charge in [-0.05, 0) is 51.3 Å². The van der Waals surface area contributed by atoms with Crippen LogP contribution < -0.4 is 4.31 Å². The maximum absolute atomic E-state index is 13.1. The molecule has 0 spiro atoms. The highest BCUT2D eigenvalue weighted by molar-refractivity contribution is 7.93. The zero-order chi connectivity index (χ0) is 15.2. The van der Waals surface area contributed by atoms with Gasteiger partial charge >= 0.3 is 0 Å². The Morgan fingerprint density at radius 1 is 1.24 bits per heavy atom. The Morgan fingerprint density at radius 3 is 2.62 bits per heavy atom. The number of para-hydroxylation sites is 1. The van der Waals surface area contributed by atoms with Crippen LogP contribution in [0.2, 0.25) is 0 Å². The molecular weight excluding hydrogens is 302 g/mol. The summed E-state index contributed by atoms with van der Waals surface area (Å²) in [7, 11) is -3.49. The monoisotopic (exact) mass is 321 g/mol. The van der Waals surface area contributed by atoms with E-state index in [2.05, 4.69) is 0 Å². The Balaban J connectivity index is 2.17. The topological polar surface area (TPSA) is 37.4 Å². The van der Waals surface area contributed by atoms with Gasteiger partial charge in [-0.15, -0.1) is 11.3 Å². The third-order valence-corrected chi connectivity index (χ3v) is 7.14. The standard InChI is InChI=1S/C16H19NO2S2/c1-11-8-9-14-6-4-5-7-15(14)17(11)21(18,19)16-10-12(2)20-13(16)3/h4-7,10-11H,8-9H2,1-3H3/t11-/m1/s1. The summed E-state index contributed by atoms with van der Waals surface area (Å²) in [4.78, 5) is 2.35. The molecule has 0 N–H and O–H groups in total. The van der Waals surface area contributed by atoms with E-state index in [-0.39, 0.29) is 6.04 Å². The number of sulfonamides is 1. The zero-order valence-electron chi connectivity index (χ0n) is 12.5. The Bertz CT molecular complexity index is 777. The Labute approximate surface area is 130 Å². The molecule has 0 aliphatic carbocycles. The number of benzene rings is 1. The van der Waals surface area contributed by atoms with Crippen LogP contribution in [0.4, 0.5) is 5.69 Å². The second kappa shape index (κ2) is 5.14.